The molecule has 33 heavy (non-hydrogen) atoms. The fourth-order valence-corrected chi connectivity index (χ4v) is 4.25. The Hall–Kier alpha value is -3.16. The molecule has 7 nitrogen and oxygen atoms in total. The Bertz CT molecular complexity index is 997. The molecule has 2 aliphatic rings. The molecule has 2 fully saturated rings. The maximum Gasteiger partial charge on any atom is 0.295 e. The van der Waals surface area contributed by atoms with Crippen molar-refractivity contribution in [3.8, 4) is 5.75 Å². The van der Waals surface area contributed by atoms with Crippen LogP contribution >= 0.6 is 0 Å². The molecule has 4 rings (SSSR count). The highest BCUT2D eigenvalue weighted by Gasteiger charge is 2.45. The number of aliphatic hydroxyl groups excluding tert-OH is 1. The van der Waals surface area contributed by atoms with Gasteiger partial charge in [0.05, 0.1) is 31.4 Å². The largest absolute Gasteiger partial charge is 0.507 e. The third-order valence-electron chi connectivity index (χ3n) is 6.02. The Morgan fingerprint density at radius 2 is 1.73 bits per heavy atom. The van der Waals surface area contributed by atoms with E-state index in [2.05, 4.69) is 4.90 Å². The number of ketones is 1. The third kappa shape index (κ3) is 5.10. The first-order valence-electron chi connectivity index (χ1n) is 11.5. The molecule has 2 aromatic carbocycles. The molecule has 1 N–H and O–H groups in total. The van der Waals surface area contributed by atoms with Crippen LogP contribution in [0.25, 0.3) is 5.76 Å². The van der Waals surface area contributed by atoms with Crippen LogP contribution in [0.3, 0.4) is 0 Å². The number of Topliss-reactive ketones (excluding diaryl/α,β-unsaturated/α-hetero) is 1. The molecular weight excluding hydrogens is 420 g/mol. The predicted molar refractivity (Wildman–Crippen MR) is 125 cm³/mol. The van der Waals surface area contributed by atoms with Crippen molar-refractivity contribution in [3.63, 3.8) is 0 Å². The minimum absolute atomic E-state index is 0.121. The molecule has 1 amide bonds. The average Bonchev–Trinajstić information content (AvgIpc) is 3.12. The Labute approximate surface area is 194 Å². The van der Waals surface area contributed by atoms with Crippen molar-refractivity contribution < 1.29 is 24.2 Å². The van der Waals surface area contributed by atoms with Gasteiger partial charge in [-0.2, -0.15) is 0 Å². The standard InChI is InChI=1S/C26H30N2O5/c1-2-16-33-21-10-8-20(9-11-21)24(29)22-23(19-6-4-3-5-7-19)28(26(31)25(22)30)13-12-27-14-17-32-18-15-27/h3-11,23,29H,2,12-18H2,1H3/b24-22-. The third-order valence-corrected chi connectivity index (χ3v) is 6.02. The maximum atomic E-state index is 13.1. The van der Waals surface area contributed by atoms with E-state index in [1.54, 1.807) is 29.2 Å². The maximum absolute atomic E-state index is 13.1. The zero-order chi connectivity index (χ0) is 23.2. The van der Waals surface area contributed by atoms with Crippen LogP contribution in [0, 0.1) is 0 Å². The molecule has 0 bridgehead atoms. The lowest BCUT2D eigenvalue weighted by atomic mass is 9.95. The van der Waals surface area contributed by atoms with Crippen LogP contribution in [0.2, 0.25) is 0 Å². The fourth-order valence-electron chi connectivity index (χ4n) is 4.25. The first kappa shape index (κ1) is 23.0. The Morgan fingerprint density at radius 3 is 2.39 bits per heavy atom. The van der Waals surface area contributed by atoms with E-state index in [-0.39, 0.29) is 11.3 Å². The fraction of sp³-hybridized carbons (Fsp3) is 0.385. The molecule has 1 atom stereocenters. The zero-order valence-corrected chi connectivity index (χ0v) is 18.9. The number of hydrogen-bond donors (Lipinski definition) is 1. The number of rotatable bonds is 8. The van der Waals surface area contributed by atoms with Gasteiger partial charge in [0.2, 0.25) is 0 Å². The number of hydrogen-bond acceptors (Lipinski definition) is 6. The smallest absolute Gasteiger partial charge is 0.295 e. The van der Waals surface area contributed by atoms with Crippen molar-refractivity contribution >= 4 is 17.4 Å². The van der Waals surface area contributed by atoms with Gasteiger partial charge in [-0.1, -0.05) is 37.3 Å². The number of amides is 1. The highest BCUT2D eigenvalue weighted by molar-refractivity contribution is 6.46. The van der Waals surface area contributed by atoms with E-state index in [9.17, 15) is 14.7 Å². The second-order valence-corrected chi connectivity index (χ2v) is 8.23. The van der Waals surface area contributed by atoms with Crippen LogP contribution in [0.5, 0.6) is 5.75 Å². The summed E-state index contributed by atoms with van der Waals surface area (Å²) in [5, 5.41) is 11.2. The summed E-state index contributed by atoms with van der Waals surface area (Å²) in [5.41, 5.74) is 1.39. The monoisotopic (exact) mass is 450 g/mol. The number of benzene rings is 2. The normalized spacial score (nSPS) is 20.9. The van der Waals surface area contributed by atoms with Crippen molar-refractivity contribution in [3.05, 3.63) is 71.3 Å². The van der Waals surface area contributed by atoms with E-state index in [1.807, 2.05) is 37.3 Å². The van der Waals surface area contributed by atoms with Gasteiger partial charge in [0.15, 0.2) is 0 Å². The first-order chi connectivity index (χ1) is 16.1. The van der Waals surface area contributed by atoms with E-state index in [4.69, 9.17) is 9.47 Å². The van der Waals surface area contributed by atoms with E-state index >= 15 is 0 Å². The number of morpholine rings is 1. The second-order valence-electron chi connectivity index (χ2n) is 8.23. The van der Waals surface area contributed by atoms with Crippen LogP contribution in [-0.2, 0) is 14.3 Å². The van der Waals surface area contributed by atoms with Crippen LogP contribution in [0.1, 0.15) is 30.5 Å². The molecule has 174 valence electrons. The molecule has 0 spiro atoms. The Morgan fingerprint density at radius 1 is 1.03 bits per heavy atom. The molecule has 0 aromatic heterocycles. The van der Waals surface area contributed by atoms with Crippen molar-refractivity contribution in [1.82, 2.24) is 9.80 Å². The predicted octanol–water partition coefficient (Wildman–Crippen LogP) is 3.23. The summed E-state index contributed by atoms with van der Waals surface area (Å²) in [6, 6.07) is 15.7. The van der Waals surface area contributed by atoms with E-state index in [0.29, 0.717) is 44.2 Å². The van der Waals surface area contributed by atoms with Crippen molar-refractivity contribution in [2.45, 2.75) is 19.4 Å². The summed E-state index contributed by atoms with van der Waals surface area (Å²) in [4.78, 5) is 30.0. The summed E-state index contributed by atoms with van der Waals surface area (Å²) in [5.74, 6) is -0.715. The number of nitrogens with zero attached hydrogens (tertiary/aromatic N) is 2. The number of aliphatic hydroxyl groups is 1. The number of ether oxygens (including phenoxy) is 2. The summed E-state index contributed by atoms with van der Waals surface area (Å²) < 4.78 is 11.0. The van der Waals surface area contributed by atoms with E-state index in [0.717, 1.165) is 25.1 Å². The topological polar surface area (TPSA) is 79.3 Å². The van der Waals surface area contributed by atoms with Crippen molar-refractivity contribution in [1.29, 1.82) is 0 Å². The lowest BCUT2D eigenvalue weighted by Gasteiger charge is -2.31. The van der Waals surface area contributed by atoms with Crippen LogP contribution < -0.4 is 4.74 Å². The average molecular weight is 451 g/mol. The highest BCUT2D eigenvalue weighted by atomic mass is 16.5. The minimum atomic E-state index is -0.658. The van der Waals surface area contributed by atoms with Gasteiger partial charge in [-0.05, 0) is 36.2 Å². The number of likely N-dealkylation sites (tertiary alicyclic amines) is 1. The molecule has 2 saturated heterocycles. The number of carbonyl (C=O) groups is 2. The molecule has 0 radical (unpaired) electrons. The van der Waals surface area contributed by atoms with Crippen LogP contribution in [-0.4, -0.2) is 72.6 Å². The molecule has 7 heteroatoms. The van der Waals surface area contributed by atoms with E-state index < -0.39 is 17.7 Å². The molecule has 2 heterocycles. The first-order valence-corrected chi connectivity index (χ1v) is 11.5. The van der Waals surface area contributed by atoms with Crippen LogP contribution in [0.4, 0.5) is 0 Å². The summed E-state index contributed by atoms with van der Waals surface area (Å²) in [6.07, 6.45) is 0.896. The Kier molecular flexibility index (Phi) is 7.42. The number of carbonyl (C=O) groups excluding carboxylic acids is 2. The lowest BCUT2D eigenvalue weighted by Crippen LogP contribution is -2.42. The van der Waals surface area contributed by atoms with Crippen LogP contribution in [0.15, 0.2) is 60.2 Å². The summed E-state index contributed by atoms with van der Waals surface area (Å²) in [6.45, 7) is 6.60. The Balaban J connectivity index is 1.66. The zero-order valence-electron chi connectivity index (χ0n) is 18.9. The van der Waals surface area contributed by atoms with Gasteiger partial charge in [0.25, 0.3) is 11.7 Å². The molecular formula is C26H30N2O5. The van der Waals surface area contributed by atoms with Crippen molar-refractivity contribution in [2.24, 2.45) is 0 Å². The lowest BCUT2D eigenvalue weighted by molar-refractivity contribution is -0.140. The second kappa shape index (κ2) is 10.6. The van der Waals surface area contributed by atoms with E-state index in [1.165, 1.54) is 0 Å². The van der Waals surface area contributed by atoms with Gasteiger partial charge in [-0.25, -0.2) is 0 Å². The highest BCUT2D eigenvalue weighted by Crippen LogP contribution is 2.39. The molecule has 0 aliphatic carbocycles. The van der Waals surface area contributed by atoms with Gasteiger partial charge >= 0.3 is 0 Å². The van der Waals surface area contributed by atoms with Gasteiger partial charge in [-0.15, -0.1) is 0 Å². The van der Waals surface area contributed by atoms with Gasteiger partial charge in [-0.3, -0.25) is 14.5 Å². The molecule has 0 saturated carbocycles. The summed E-state index contributed by atoms with van der Waals surface area (Å²) >= 11 is 0. The molecule has 2 aliphatic heterocycles. The SMILES string of the molecule is CCCOc1ccc(/C(O)=C2/C(=O)C(=O)N(CCN3CCOCC3)C2c2ccccc2)cc1. The van der Waals surface area contributed by atoms with Crippen molar-refractivity contribution in [2.75, 3.05) is 46.0 Å². The molecule has 2 aromatic rings. The quantitative estimate of drug-likeness (QED) is 0.378. The van der Waals surface area contributed by atoms with Gasteiger partial charge in [0, 0.05) is 31.7 Å². The summed E-state index contributed by atoms with van der Waals surface area (Å²) in [7, 11) is 0. The minimum Gasteiger partial charge on any atom is -0.507 e. The molecule has 1 unspecified atom stereocenters. The van der Waals surface area contributed by atoms with Gasteiger partial charge < -0.3 is 19.5 Å². The van der Waals surface area contributed by atoms with Gasteiger partial charge in [0.1, 0.15) is 11.5 Å².